The summed E-state index contributed by atoms with van der Waals surface area (Å²) in [7, 11) is 0. The highest BCUT2D eigenvalue weighted by Gasteiger charge is 2.59. The Morgan fingerprint density at radius 2 is 1.77 bits per heavy atom. The zero-order valence-electron chi connectivity index (χ0n) is 12.1. The third kappa shape index (κ3) is 1.75. The number of carbonyl (C=O) groups is 3. The minimum atomic E-state index is -0.435. The molecule has 5 nitrogen and oxygen atoms in total. The Bertz CT molecular complexity index is 693. The maximum Gasteiger partial charge on any atom is 0.308 e. The van der Waals surface area contributed by atoms with E-state index in [1.54, 1.807) is 24.3 Å². The molecule has 0 N–H and O–H groups in total. The van der Waals surface area contributed by atoms with Gasteiger partial charge in [0, 0.05) is 13.0 Å². The van der Waals surface area contributed by atoms with Crippen LogP contribution in [0.1, 0.15) is 13.3 Å². The lowest BCUT2D eigenvalue weighted by Crippen LogP contribution is -2.32. The smallest absolute Gasteiger partial charge is 0.308 e. The number of rotatable bonds is 2. The Morgan fingerprint density at radius 3 is 2.36 bits per heavy atom. The molecule has 0 radical (unpaired) electrons. The highest BCUT2D eigenvalue weighted by Crippen LogP contribution is 2.53. The quantitative estimate of drug-likeness (QED) is 0.362. The normalized spacial score (nSPS) is 31.8. The van der Waals surface area contributed by atoms with Gasteiger partial charge in [0.25, 0.3) is 0 Å². The van der Waals surface area contributed by atoms with Crippen molar-refractivity contribution < 1.29 is 19.1 Å². The predicted octanol–water partition coefficient (Wildman–Crippen LogP) is 1.92. The van der Waals surface area contributed by atoms with Crippen molar-refractivity contribution in [3.63, 3.8) is 0 Å². The number of carbonyl (C=O) groups excluding carboxylic acids is 3. The molecule has 2 amide bonds. The molecule has 112 valence electrons. The number of nitrogens with zero attached hydrogens (tertiary/aromatic N) is 1. The van der Waals surface area contributed by atoms with Gasteiger partial charge in [0.2, 0.25) is 11.8 Å². The zero-order chi connectivity index (χ0) is 15.4. The summed E-state index contributed by atoms with van der Waals surface area (Å²) in [5.74, 6) is -0.432. The molecule has 1 saturated heterocycles. The fraction of sp³-hybridized carbons (Fsp3) is 0.353. The van der Waals surface area contributed by atoms with E-state index in [4.69, 9.17) is 4.74 Å². The average Bonchev–Trinajstić information content (AvgIpc) is 3.12. The van der Waals surface area contributed by atoms with Gasteiger partial charge in [-0.25, -0.2) is 4.90 Å². The fourth-order valence-electron chi connectivity index (χ4n) is 4.01. The molecule has 1 aromatic rings. The van der Waals surface area contributed by atoms with Gasteiger partial charge in [-0.1, -0.05) is 18.2 Å². The van der Waals surface area contributed by atoms with Crippen LogP contribution in [0.3, 0.4) is 0 Å². The summed E-state index contributed by atoms with van der Waals surface area (Å²) in [4.78, 5) is 37.7. The van der Waals surface area contributed by atoms with Gasteiger partial charge in [-0.2, -0.15) is 0 Å². The molecule has 3 aliphatic rings. The molecule has 0 unspecified atom stereocenters. The van der Waals surface area contributed by atoms with Crippen LogP contribution in [0, 0.1) is 23.7 Å². The van der Waals surface area contributed by atoms with Crippen LogP contribution in [0.5, 0.6) is 5.75 Å². The van der Waals surface area contributed by atoms with Crippen molar-refractivity contribution >= 4 is 23.5 Å². The van der Waals surface area contributed by atoms with Gasteiger partial charge in [0.1, 0.15) is 5.75 Å². The highest BCUT2D eigenvalue weighted by atomic mass is 16.5. The van der Waals surface area contributed by atoms with Gasteiger partial charge in [-0.15, -0.1) is 0 Å². The van der Waals surface area contributed by atoms with E-state index >= 15 is 0 Å². The second-order valence-corrected chi connectivity index (χ2v) is 6.10. The number of hydrogen-bond donors (Lipinski definition) is 0. The highest BCUT2D eigenvalue weighted by molar-refractivity contribution is 6.22. The van der Waals surface area contributed by atoms with E-state index in [1.807, 2.05) is 0 Å². The molecule has 5 heteroatoms. The topological polar surface area (TPSA) is 63.7 Å². The van der Waals surface area contributed by atoms with Gasteiger partial charge < -0.3 is 4.74 Å². The van der Waals surface area contributed by atoms with Crippen LogP contribution in [-0.4, -0.2) is 17.8 Å². The summed E-state index contributed by atoms with van der Waals surface area (Å²) in [5, 5.41) is 0. The Balaban J connectivity index is 1.68. The van der Waals surface area contributed by atoms with Crippen molar-refractivity contribution in [2.45, 2.75) is 13.3 Å². The molecule has 1 saturated carbocycles. The molecule has 4 atom stereocenters. The minimum absolute atomic E-state index is 0.133. The first kappa shape index (κ1) is 13.2. The van der Waals surface area contributed by atoms with Crippen LogP contribution >= 0.6 is 0 Å². The Labute approximate surface area is 127 Å². The van der Waals surface area contributed by atoms with Crippen LogP contribution in [0.4, 0.5) is 5.69 Å². The Hall–Kier alpha value is -2.43. The van der Waals surface area contributed by atoms with Crippen LogP contribution < -0.4 is 9.64 Å². The molecular weight excluding hydrogens is 282 g/mol. The summed E-state index contributed by atoms with van der Waals surface area (Å²) in [6.07, 6.45) is 5.04. The van der Waals surface area contributed by atoms with Gasteiger partial charge in [-0.05, 0) is 30.4 Å². The first-order chi connectivity index (χ1) is 10.6. The van der Waals surface area contributed by atoms with Gasteiger partial charge >= 0.3 is 5.97 Å². The number of hydrogen-bond acceptors (Lipinski definition) is 4. The van der Waals surface area contributed by atoms with Crippen molar-refractivity contribution in [1.82, 2.24) is 0 Å². The Kier molecular flexibility index (Phi) is 2.73. The molecule has 4 rings (SSSR count). The van der Waals surface area contributed by atoms with Crippen molar-refractivity contribution in [2.75, 3.05) is 4.90 Å². The van der Waals surface area contributed by atoms with Crippen LogP contribution in [0.2, 0.25) is 0 Å². The lowest BCUT2D eigenvalue weighted by Gasteiger charge is -2.17. The number of allylic oxidation sites excluding steroid dienone is 2. The second kappa shape index (κ2) is 4.53. The molecule has 2 bridgehead atoms. The SMILES string of the molecule is CC(=O)Oc1cccc(N2C(=O)[C@@H]3[C@H](C2=O)[C@H]2C=C[C@@H]3C2)c1. The molecule has 2 fully saturated rings. The molecule has 22 heavy (non-hydrogen) atoms. The Morgan fingerprint density at radius 1 is 1.14 bits per heavy atom. The third-order valence-electron chi connectivity index (χ3n) is 4.81. The van der Waals surface area contributed by atoms with Crippen LogP contribution in [0.15, 0.2) is 36.4 Å². The maximum atomic E-state index is 12.7. The van der Waals surface area contributed by atoms with E-state index in [-0.39, 0.29) is 35.5 Å². The van der Waals surface area contributed by atoms with E-state index in [9.17, 15) is 14.4 Å². The fourth-order valence-corrected chi connectivity index (χ4v) is 4.01. The van der Waals surface area contributed by atoms with Gasteiger partial charge in [0.15, 0.2) is 0 Å². The summed E-state index contributed by atoms with van der Waals surface area (Å²) < 4.78 is 5.03. The predicted molar refractivity (Wildman–Crippen MR) is 78.0 cm³/mol. The number of benzene rings is 1. The minimum Gasteiger partial charge on any atom is -0.427 e. The summed E-state index contributed by atoms with van der Waals surface area (Å²) in [6.45, 7) is 1.31. The van der Waals surface area contributed by atoms with E-state index < -0.39 is 5.97 Å². The van der Waals surface area contributed by atoms with E-state index in [1.165, 1.54) is 11.8 Å². The van der Waals surface area contributed by atoms with E-state index in [0.717, 1.165) is 6.42 Å². The lowest BCUT2D eigenvalue weighted by molar-refractivity contribution is -0.132. The largest absolute Gasteiger partial charge is 0.427 e. The maximum absolute atomic E-state index is 12.7. The average molecular weight is 297 g/mol. The molecule has 1 aromatic carbocycles. The lowest BCUT2D eigenvalue weighted by atomic mass is 9.85. The number of ether oxygens (including phenoxy) is 1. The molecule has 2 aliphatic carbocycles. The summed E-state index contributed by atoms with van der Waals surface area (Å²) >= 11 is 0. The number of anilines is 1. The monoisotopic (exact) mass is 297 g/mol. The second-order valence-electron chi connectivity index (χ2n) is 6.10. The van der Waals surface area contributed by atoms with Crippen LogP contribution in [0.25, 0.3) is 0 Å². The summed E-state index contributed by atoms with van der Waals surface area (Å²) in [5.41, 5.74) is 0.475. The van der Waals surface area contributed by atoms with Gasteiger partial charge in [-0.3, -0.25) is 14.4 Å². The zero-order valence-corrected chi connectivity index (χ0v) is 12.1. The first-order valence-corrected chi connectivity index (χ1v) is 7.41. The van der Waals surface area contributed by atoms with E-state index in [2.05, 4.69) is 12.2 Å². The first-order valence-electron chi connectivity index (χ1n) is 7.41. The third-order valence-corrected chi connectivity index (χ3v) is 4.81. The standard InChI is InChI=1S/C17H15NO4/c1-9(19)22-13-4-2-3-12(8-13)18-16(20)14-10-5-6-11(7-10)15(14)17(18)21/h2-6,8,10-11,14-15H,7H2,1H3/t10-,11+,14+,15-. The molecule has 0 spiro atoms. The number of imide groups is 1. The van der Waals surface area contributed by atoms with E-state index in [0.29, 0.717) is 11.4 Å². The molecule has 1 aliphatic heterocycles. The molecule has 0 aromatic heterocycles. The van der Waals surface area contributed by atoms with Crippen molar-refractivity contribution in [3.05, 3.63) is 36.4 Å². The number of fused-ring (bicyclic) bond motifs is 5. The van der Waals surface area contributed by atoms with Crippen LogP contribution in [-0.2, 0) is 14.4 Å². The number of amides is 2. The molecule has 1 heterocycles. The number of esters is 1. The summed E-state index contributed by atoms with van der Waals surface area (Å²) in [6, 6.07) is 6.56. The van der Waals surface area contributed by atoms with Crippen molar-refractivity contribution in [3.8, 4) is 5.75 Å². The van der Waals surface area contributed by atoms with Gasteiger partial charge in [0.05, 0.1) is 17.5 Å². The van der Waals surface area contributed by atoms with Crippen molar-refractivity contribution in [2.24, 2.45) is 23.7 Å². The molecular formula is C17H15NO4. The van der Waals surface area contributed by atoms with Crippen molar-refractivity contribution in [1.29, 1.82) is 0 Å².